The normalized spacial score (nSPS) is 15.6. The number of primary amides is 1. The van der Waals surface area contributed by atoms with Gasteiger partial charge in [-0.25, -0.2) is 9.59 Å². The Morgan fingerprint density at radius 2 is 1.83 bits per heavy atom. The Labute approximate surface area is 105 Å². The third-order valence-corrected chi connectivity index (χ3v) is 3.05. The highest BCUT2D eigenvalue weighted by atomic mass is 16.4. The van der Waals surface area contributed by atoms with Crippen molar-refractivity contribution in [3.63, 3.8) is 0 Å². The van der Waals surface area contributed by atoms with Crippen molar-refractivity contribution in [2.24, 2.45) is 5.73 Å². The lowest BCUT2D eigenvalue weighted by Crippen LogP contribution is -2.50. The molecule has 0 bridgehead atoms. The quantitative estimate of drug-likeness (QED) is 0.803. The largest absolute Gasteiger partial charge is 0.478 e. The van der Waals surface area contributed by atoms with Gasteiger partial charge < -0.3 is 20.6 Å². The summed E-state index contributed by atoms with van der Waals surface area (Å²) in [5, 5.41) is 8.93. The molecule has 1 heterocycles. The smallest absolute Gasteiger partial charge is 0.335 e. The molecule has 1 aromatic rings. The number of benzene rings is 1. The molecule has 0 aliphatic carbocycles. The number of carbonyl (C=O) groups excluding carboxylic acids is 1. The molecule has 1 aliphatic rings. The standard InChI is InChI=1S/C12H15N3O3/c13-12(18)15-6-4-14(5-7-15)10-3-1-2-9(8-10)11(16)17/h1-3,8H,4-7H2,(H2,13,18)(H,16,17). The van der Waals surface area contributed by atoms with E-state index in [0.717, 1.165) is 5.69 Å². The van der Waals surface area contributed by atoms with Crippen molar-refractivity contribution in [2.45, 2.75) is 0 Å². The summed E-state index contributed by atoms with van der Waals surface area (Å²) in [5.41, 5.74) is 6.33. The predicted octanol–water partition coefficient (Wildman–Crippen LogP) is 0.585. The summed E-state index contributed by atoms with van der Waals surface area (Å²) in [6, 6.07) is 6.38. The fourth-order valence-electron chi connectivity index (χ4n) is 2.02. The van der Waals surface area contributed by atoms with Gasteiger partial charge in [0.05, 0.1) is 5.56 Å². The first-order chi connectivity index (χ1) is 8.58. The molecule has 0 spiro atoms. The number of nitrogens with two attached hydrogens (primary N) is 1. The maximum atomic E-state index is 11.0. The maximum Gasteiger partial charge on any atom is 0.335 e. The lowest BCUT2D eigenvalue weighted by atomic mass is 10.1. The summed E-state index contributed by atoms with van der Waals surface area (Å²) in [7, 11) is 0. The van der Waals surface area contributed by atoms with Crippen molar-refractivity contribution in [3.8, 4) is 0 Å². The first-order valence-corrected chi connectivity index (χ1v) is 5.70. The zero-order chi connectivity index (χ0) is 13.1. The van der Waals surface area contributed by atoms with Crippen LogP contribution < -0.4 is 10.6 Å². The number of piperazine rings is 1. The average molecular weight is 249 g/mol. The van der Waals surface area contributed by atoms with E-state index in [-0.39, 0.29) is 5.56 Å². The number of rotatable bonds is 2. The molecule has 1 saturated heterocycles. The van der Waals surface area contributed by atoms with Crippen LogP contribution in [0.25, 0.3) is 0 Å². The number of anilines is 1. The molecule has 0 atom stereocenters. The Morgan fingerprint density at radius 3 is 2.39 bits per heavy atom. The average Bonchev–Trinajstić information content (AvgIpc) is 2.39. The van der Waals surface area contributed by atoms with Crippen LogP contribution in [-0.2, 0) is 0 Å². The lowest BCUT2D eigenvalue weighted by molar-refractivity contribution is 0.0697. The molecule has 0 radical (unpaired) electrons. The Kier molecular flexibility index (Phi) is 3.36. The number of amides is 2. The predicted molar refractivity (Wildman–Crippen MR) is 66.8 cm³/mol. The van der Waals surface area contributed by atoms with E-state index in [1.54, 1.807) is 23.1 Å². The highest BCUT2D eigenvalue weighted by molar-refractivity contribution is 5.88. The molecule has 1 fully saturated rings. The van der Waals surface area contributed by atoms with Gasteiger partial charge in [0.2, 0.25) is 0 Å². The third-order valence-electron chi connectivity index (χ3n) is 3.05. The fourth-order valence-corrected chi connectivity index (χ4v) is 2.02. The second-order valence-corrected chi connectivity index (χ2v) is 4.17. The van der Waals surface area contributed by atoms with Crippen molar-refractivity contribution in [3.05, 3.63) is 29.8 Å². The number of hydrogen-bond donors (Lipinski definition) is 2. The molecule has 1 aliphatic heterocycles. The van der Waals surface area contributed by atoms with E-state index in [1.165, 1.54) is 0 Å². The van der Waals surface area contributed by atoms with E-state index in [2.05, 4.69) is 0 Å². The van der Waals surface area contributed by atoms with E-state index in [4.69, 9.17) is 10.8 Å². The molecule has 18 heavy (non-hydrogen) atoms. The van der Waals surface area contributed by atoms with Crippen LogP contribution in [0.1, 0.15) is 10.4 Å². The zero-order valence-electron chi connectivity index (χ0n) is 9.87. The van der Waals surface area contributed by atoms with E-state index in [1.807, 2.05) is 11.0 Å². The van der Waals surface area contributed by atoms with Crippen molar-refractivity contribution >= 4 is 17.7 Å². The molecular formula is C12H15N3O3. The summed E-state index contributed by atoms with van der Waals surface area (Å²) in [4.78, 5) is 25.5. The summed E-state index contributed by atoms with van der Waals surface area (Å²) in [6.07, 6.45) is 0. The molecule has 2 rings (SSSR count). The van der Waals surface area contributed by atoms with Crippen molar-refractivity contribution in [1.82, 2.24) is 4.90 Å². The Balaban J connectivity index is 2.07. The molecule has 0 aromatic heterocycles. The van der Waals surface area contributed by atoms with Crippen molar-refractivity contribution in [1.29, 1.82) is 0 Å². The minimum absolute atomic E-state index is 0.268. The number of carboxylic acids is 1. The summed E-state index contributed by atoms with van der Waals surface area (Å²) >= 11 is 0. The van der Waals surface area contributed by atoms with Gasteiger partial charge in [-0.3, -0.25) is 0 Å². The molecule has 1 aromatic carbocycles. The van der Waals surface area contributed by atoms with Gasteiger partial charge in [-0.2, -0.15) is 0 Å². The van der Waals surface area contributed by atoms with E-state index in [9.17, 15) is 9.59 Å². The van der Waals surface area contributed by atoms with Crippen LogP contribution in [0.4, 0.5) is 10.5 Å². The van der Waals surface area contributed by atoms with Gasteiger partial charge >= 0.3 is 12.0 Å². The van der Waals surface area contributed by atoms with Crippen LogP contribution in [0.3, 0.4) is 0 Å². The van der Waals surface area contributed by atoms with Crippen LogP contribution in [-0.4, -0.2) is 48.2 Å². The minimum Gasteiger partial charge on any atom is -0.478 e. The first kappa shape index (κ1) is 12.2. The maximum absolute atomic E-state index is 11.0. The van der Waals surface area contributed by atoms with E-state index in [0.29, 0.717) is 26.2 Å². The third kappa shape index (κ3) is 2.53. The van der Waals surface area contributed by atoms with Crippen LogP contribution in [0, 0.1) is 0 Å². The van der Waals surface area contributed by atoms with Gasteiger partial charge in [0.1, 0.15) is 0 Å². The van der Waals surface area contributed by atoms with Crippen LogP contribution in [0.5, 0.6) is 0 Å². The minimum atomic E-state index is -0.937. The second-order valence-electron chi connectivity index (χ2n) is 4.17. The molecule has 3 N–H and O–H groups in total. The topological polar surface area (TPSA) is 86.9 Å². The van der Waals surface area contributed by atoms with Gasteiger partial charge in [0.25, 0.3) is 0 Å². The van der Waals surface area contributed by atoms with Gasteiger partial charge in [0.15, 0.2) is 0 Å². The zero-order valence-corrected chi connectivity index (χ0v) is 9.87. The van der Waals surface area contributed by atoms with Gasteiger partial charge in [-0.05, 0) is 18.2 Å². The van der Waals surface area contributed by atoms with Gasteiger partial charge in [-0.1, -0.05) is 6.07 Å². The van der Waals surface area contributed by atoms with Gasteiger partial charge in [-0.15, -0.1) is 0 Å². The molecule has 6 nitrogen and oxygen atoms in total. The van der Waals surface area contributed by atoms with Gasteiger partial charge in [0, 0.05) is 31.9 Å². The molecule has 0 unspecified atom stereocenters. The molecule has 96 valence electrons. The number of urea groups is 1. The SMILES string of the molecule is NC(=O)N1CCN(c2cccc(C(=O)O)c2)CC1. The van der Waals surface area contributed by atoms with Crippen LogP contribution in [0.15, 0.2) is 24.3 Å². The van der Waals surface area contributed by atoms with E-state index >= 15 is 0 Å². The number of carboxylic acid groups (broad SMARTS) is 1. The lowest BCUT2D eigenvalue weighted by Gasteiger charge is -2.35. The highest BCUT2D eigenvalue weighted by Gasteiger charge is 2.19. The molecular weight excluding hydrogens is 234 g/mol. The van der Waals surface area contributed by atoms with Crippen molar-refractivity contribution < 1.29 is 14.7 Å². The summed E-state index contributed by atoms with van der Waals surface area (Å²) in [5.74, 6) is -0.937. The Hall–Kier alpha value is -2.24. The Bertz CT molecular complexity index is 467. The molecule has 0 saturated carbocycles. The highest BCUT2D eigenvalue weighted by Crippen LogP contribution is 2.18. The number of aromatic carboxylic acids is 1. The number of hydrogen-bond acceptors (Lipinski definition) is 3. The van der Waals surface area contributed by atoms with Crippen LogP contribution >= 0.6 is 0 Å². The number of nitrogens with zero attached hydrogens (tertiary/aromatic N) is 2. The summed E-state index contributed by atoms with van der Waals surface area (Å²) in [6.45, 7) is 2.44. The van der Waals surface area contributed by atoms with Crippen LogP contribution in [0.2, 0.25) is 0 Å². The second kappa shape index (κ2) is 4.95. The molecule has 2 amide bonds. The monoisotopic (exact) mass is 249 g/mol. The Morgan fingerprint density at radius 1 is 1.17 bits per heavy atom. The number of carbonyl (C=O) groups is 2. The van der Waals surface area contributed by atoms with Crippen molar-refractivity contribution in [2.75, 3.05) is 31.1 Å². The first-order valence-electron chi connectivity index (χ1n) is 5.70. The van der Waals surface area contributed by atoms with E-state index < -0.39 is 12.0 Å². The molecule has 6 heteroatoms. The fraction of sp³-hybridized carbons (Fsp3) is 0.333. The summed E-state index contributed by atoms with van der Waals surface area (Å²) < 4.78 is 0.